The van der Waals surface area contributed by atoms with Crippen molar-refractivity contribution in [3.8, 4) is 11.5 Å². The van der Waals surface area contributed by atoms with Crippen LogP contribution < -0.4 is 19.1 Å². The van der Waals surface area contributed by atoms with E-state index in [0.717, 1.165) is 11.1 Å². The van der Waals surface area contributed by atoms with E-state index in [1.54, 1.807) is 30.3 Å². The zero-order chi connectivity index (χ0) is 24.2. The number of methoxy groups -OCH3 is 2. The first-order chi connectivity index (χ1) is 15.7. The van der Waals surface area contributed by atoms with Crippen LogP contribution in [0.2, 0.25) is 0 Å². The van der Waals surface area contributed by atoms with Gasteiger partial charge in [-0.25, -0.2) is 8.42 Å². The van der Waals surface area contributed by atoms with Gasteiger partial charge in [-0.05, 0) is 55.8 Å². The molecule has 1 atom stereocenters. The summed E-state index contributed by atoms with van der Waals surface area (Å²) in [6.45, 7) is 5.20. The molecule has 0 aliphatic rings. The number of carbonyl (C=O) groups excluding carboxylic acids is 1. The fourth-order valence-electron chi connectivity index (χ4n) is 3.62. The lowest BCUT2D eigenvalue weighted by atomic mass is 10.1. The minimum atomic E-state index is -3.98. The maximum absolute atomic E-state index is 13.9. The van der Waals surface area contributed by atoms with E-state index in [4.69, 9.17) is 9.47 Å². The van der Waals surface area contributed by atoms with Crippen molar-refractivity contribution in [1.82, 2.24) is 0 Å². The monoisotopic (exact) mass is 468 g/mol. The summed E-state index contributed by atoms with van der Waals surface area (Å²) >= 11 is 0. The third-order valence-electron chi connectivity index (χ3n) is 5.23. The minimum Gasteiger partial charge on any atom is -0.493 e. The second-order valence-electron chi connectivity index (χ2n) is 7.64. The summed E-state index contributed by atoms with van der Waals surface area (Å²) in [5.74, 6) is 0.694. The van der Waals surface area contributed by atoms with Gasteiger partial charge in [0.15, 0.2) is 11.5 Å². The van der Waals surface area contributed by atoms with Gasteiger partial charge in [0.2, 0.25) is 5.91 Å². The molecule has 1 amide bonds. The van der Waals surface area contributed by atoms with Gasteiger partial charge < -0.3 is 14.8 Å². The maximum atomic E-state index is 13.9. The number of aryl methyl sites for hydroxylation is 1. The number of carbonyl (C=O) groups is 1. The van der Waals surface area contributed by atoms with Crippen LogP contribution in [0.4, 0.5) is 11.4 Å². The van der Waals surface area contributed by atoms with E-state index in [2.05, 4.69) is 5.32 Å². The number of hydrogen-bond acceptors (Lipinski definition) is 5. The average Bonchev–Trinajstić information content (AvgIpc) is 2.78. The molecule has 7 nitrogen and oxygen atoms in total. The molecule has 0 saturated heterocycles. The van der Waals surface area contributed by atoms with Gasteiger partial charge in [-0.1, -0.05) is 29.8 Å². The van der Waals surface area contributed by atoms with Crippen molar-refractivity contribution in [3.63, 3.8) is 0 Å². The van der Waals surface area contributed by atoms with Gasteiger partial charge >= 0.3 is 0 Å². The van der Waals surface area contributed by atoms with Crippen LogP contribution in [0.25, 0.3) is 0 Å². The molecule has 0 radical (unpaired) electrons. The lowest BCUT2D eigenvalue weighted by Crippen LogP contribution is -2.33. The van der Waals surface area contributed by atoms with E-state index in [9.17, 15) is 13.2 Å². The topological polar surface area (TPSA) is 84.9 Å². The SMILES string of the molecule is COc1ccc(N(C(C)c2cccc(C)c2)S(=O)(=O)c2ccc(NC(C)=O)cc2)cc1OC. The number of anilines is 2. The lowest BCUT2D eigenvalue weighted by Gasteiger charge is -2.31. The quantitative estimate of drug-likeness (QED) is 0.507. The second-order valence-corrected chi connectivity index (χ2v) is 9.45. The highest BCUT2D eigenvalue weighted by atomic mass is 32.2. The van der Waals surface area contributed by atoms with Gasteiger partial charge in [0.05, 0.1) is 30.8 Å². The molecule has 0 aliphatic heterocycles. The minimum absolute atomic E-state index is 0.103. The summed E-state index contributed by atoms with van der Waals surface area (Å²) in [6, 6.07) is 18.3. The number of amides is 1. The van der Waals surface area contributed by atoms with Crippen LogP contribution in [-0.4, -0.2) is 28.5 Å². The van der Waals surface area contributed by atoms with Gasteiger partial charge in [-0.3, -0.25) is 9.10 Å². The normalized spacial score (nSPS) is 12.0. The molecular formula is C25H28N2O5S. The van der Waals surface area contributed by atoms with Gasteiger partial charge in [0, 0.05) is 18.7 Å². The van der Waals surface area contributed by atoms with E-state index < -0.39 is 16.1 Å². The van der Waals surface area contributed by atoms with Crippen LogP contribution in [0, 0.1) is 6.92 Å². The number of hydrogen-bond donors (Lipinski definition) is 1. The molecule has 0 aliphatic carbocycles. The van der Waals surface area contributed by atoms with Crippen molar-refractivity contribution in [1.29, 1.82) is 0 Å². The van der Waals surface area contributed by atoms with Crippen molar-refractivity contribution in [2.45, 2.75) is 31.7 Å². The molecule has 1 N–H and O–H groups in total. The molecule has 3 aromatic rings. The number of rotatable bonds is 8. The van der Waals surface area contributed by atoms with Crippen LogP contribution in [0.5, 0.6) is 11.5 Å². The van der Waals surface area contributed by atoms with Crippen molar-refractivity contribution in [2.75, 3.05) is 23.8 Å². The number of nitrogens with zero attached hydrogens (tertiary/aromatic N) is 1. The van der Waals surface area contributed by atoms with Crippen LogP contribution in [0.15, 0.2) is 71.6 Å². The standard InChI is InChI=1S/C25H28N2O5S/c1-17-7-6-8-20(15-17)18(2)27(22-11-14-24(31-4)25(16-22)32-5)33(29,30)23-12-9-21(10-13-23)26-19(3)28/h6-16,18H,1-5H3,(H,26,28). The summed E-state index contributed by atoms with van der Waals surface area (Å²) in [4.78, 5) is 11.4. The summed E-state index contributed by atoms with van der Waals surface area (Å²) in [7, 11) is -0.949. The van der Waals surface area contributed by atoms with Gasteiger partial charge in [-0.2, -0.15) is 0 Å². The van der Waals surface area contributed by atoms with E-state index in [1.807, 2.05) is 38.1 Å². The molecule has 3 rings (SSSR count). The smallest absolute Gasteiger partial charge is 0.264 e. The van der Waals surface area contributed by atoms with Crippen molar-refractivity contribution in [2.24, 2.45) is 0 Å². The highest BCUT2D eigenvalue weighted by Crippen LogP contribution is 2.38. The van der Waals surface area contributed by atoms with Gasteiger partial charge in [0.1, 0.15) is 0 Å². The Labute approximate surface area is 195 Å². The molecule has 1 unspecified atom stereocenters. The Balaban J connectivity index is 2.14. The molecular weight excluding hydrogens is 440 g/mol. The number of nitrogens with one attached hydrogen (secondary N) is 1. The predicted molar refractivity (Wildman–Crippen MR) is 130 cm³/mol. The Morgan fingerprint density at radius 3 is 2.18 bits per heavy atom. The summed E-state index contributed by atoms with van der Waals surface area (Å²) in [5.41, 5.74) is 2.84. The first-order valence-corrected chi connectivity index (χ1v) is 11.8. The first-order valence-electron chi connectivity index (χ1n) is 10.4. The Morgan fingerprint density at radius 2 is 1.61 bits per heavy atom. The van der Waals surface area contributed by atoms with E-state index in [-0.39, 0.29) is 10.8 Å². The second kappa shape index (κ2) is 9.95. The fourth-order valence-corrected chi connectivity index (χ4v) is 5.26. The number of benzene rings is 3. The highest BCUT2D eigenvalue weighted by Gasteiger charge is 2.31. The fraction of sp³-hybridized carbons (Fsp3) is 0.240. The summed E-state index contributed by atoms with van der Waals surface area (Å²) < 4.78 is 39.9. The van der Waals surface area contributed by atoms with Crippen molar-refractivity contribution in [3.05, 3.63) is 77.9 Å². The number of sulfonamides is 1. The molecule has 0 aromatic heterocycles. The zero-order valence-electron chi connectivity index (χ0n) is 19.3. The molecule has 0 fully saturated rings. The molecule has 0 spiro atoms. The molecule has 8 heteroatoms. The number of ether oxygens (including phenoxy) is 2. The lowest BCUT2D eigenvalue weighted by molar-refractivity contribution is -0.114. The molecule has 0 heterocycles. The van der Waals surface area contributed by atoms with Crippen LogP contribution in [-0.2, 0) is 14.8 Å². The average molecular weight is 469 g/mol. The summed E-state index contributed by atoms with van der Waals surface area (Å²) in [6.07, 6.45) is 0. The third-order valence-corrected chi connectivity index (χ3v) is 7.14. The van der Waals surface area contributed by atoms with Crippen molar-refractivity contribution >= 4 is 27.3 Å². The Hall–Kier alpha value is -3.52. The first kappa shape index (κ1) is 24.1. The van der Waals surface area contributed by atoms with Crippen LogP contribution in [0.1, 0.15) is 31.0 Å². The molecule has 33 heavy (non-hydrogen) atoms. The molecule has 0 bridgehead atoms. The molecule has 0 saturated carbocycles. The summed E-state index contributed by atoms with van der Waals surface area (Å²) in [5, 5.41) is 2.65. The van der Waals surface area contributed by atoms with Crippen LogP contribution >= 0.6 is 0 Å². The van der Waals surface area contributed by atoms with E-state index in [1.165, 1.54) is 37.6 Å². The molecule has 174 valence electrons. The van der Waals surface area contributed by atoms with Crippen LogP contribution in [0.3, 0.4) is 0 Å². The zero-order valence-corrected chi connectivity index (χ0v) is 20.1. The van der Waals surface area contributed by atoms with E-state index in [0.29, 0.717) is 22.9 Å². The predicted octanol–water partition coefficient (Wildman–Crippen LogP) is 4.93. The third kappa shape index (κ3) is 5.28. The van der Waals surface area contributed by atoms with Gasteiger partial charge in [0.25, 0.3) is 10.0 Å². The van der Waals surface area contributed by atoms with Gasteiger partial charge in [-0.15, -0.1) is 0 Å². The van der Waals surface area contributed by atoms with E-state index >= 15 is 0 Å². The Morgan fingerprint density at radius 1 is 0.939 bits per heavy atom. The maximum Gasteiger partial charge on any atom is 0.264 e. The van der Waals surface area contributed by atoms with Crippen molar-refractivity contribution < 1.29 is 22.7 Å². The molecule has 3 aromatic carbocycles. The Bertz CT molecular complexity index is 1240. The largest absolute Gasteiger partial charge is 0.493 e. The Kier molecular flexibility index (Phi) is 7.28. The highest BCUT2D eigenvalue weighted by molar-refractivity contribution is 7.92.